The zero-order valence-corrected chi connectivity index (χ0v) is 10.3. The summed E-state index contributed by atoms with van der Waals surface area (Å²) in [6.07, 6.45) is 0. The number of rotatable bonds is 2. The molecule has 1 N–H and O–H groups in total. The largest absolute Gasteiger partial charge is 0.331 e. The number of halogens is 1. The van der Waals surface area contributed by atoms with Gasteiger partial charge in [-0.05, 0) is 17.7 Å². The van der Waals surface area contributed by atoms with Gasteiger partial charge in [-0.1, -0.05) is 23.9 Å². The molecule has 1 aliphatic heterocycles. The first-order valence-electron chi connectivity index (χ1n) is 5.62. The molecule has 0 radical (unpaired) electrons. The molecular formula is C12H15FN2OS. The topological polar surface area (TPSA) is 32.3 Å². The van der Waals surface area contributed by atoms with Gasteiger partial charge in [0.25, 0.3) is 5.24 Å². The molecule has 1 heterocycles. The average Bonchev–Trinajstić information content (AvgIpc) is 2.39. The average molecular weight is 254 g/mol. The van der Waals surface area contributed by atoms with Crippen LogP contribution in [0.2, 0.25) is 0 Å². The lowest BCUT2D eigenvalue weighted by molar-refractivity contribution is 0.215. The minimum Gasteiger partial charge on any atom is -0.331 e. The third-order valence-electron chi connectivity index (χ3n) is 2.65. The molecule has 1 saturated heterocycles. The second kappa shape index (κ2) is 6.02. The van der Waals surface area contributed by atoms with Crippen molar-refractivity contribution >= 4 is 17.0 Å². The van der Waals surface area contributed by atoms with Gasteiger partial charge in [0.1, 0.15) is 5.82 Å². The molecule has 0 aromatic heterocycles. The van der Waals surface area contributed by atoms with Gasteiger partial charge >= 0.3 is 0 Å². The van der Waals surface area contributed by atoms with Gasteiger partial charge in [0.15, 0.2) is 0 Å². The number of hydrogen-bond donors (Lipinski definition) is 1. The van der Waals surface area contributed by atoms with Crippen LogP contribution in [0.15, 0.2) is 24.3 Å². The summed E-state index contributed by atoms with van der Waals surface area (Å²) < 4.78 is 12.7. The van der Waals surface area contributed by atoms with Crippen LogP contribution in [0, 0.1) is 5.82 Å². The summed E-state index contributed by atoms with van der Waals surface area (Å²) in [6.45, 7) is 3.27. The van der Waals surface area contributed by atoms with Gasteiger partial charge < -0.3 is 10.2 Å². The van der Waals surface area contributed by atoms with E-state index in [1.54, 1.807) is 12.1 Å². The van der Waals surface area contributed by atoms with Crippen LogP contribution in [-0.4, -0.2) is 36.3 Å². The Hall–Kier alpha value is -1.07. The molecule has 1 fully saturated rings. The van der Waals surface area contributed by atoms with Gasteiger partial charge in [-0.2, -0.15) is 0 Å². The van der Waals surface area contributed by atoms with E-state index >= 15 is 0 Å². The van der Waals surface area contributed by atoms with Crippen molar-refractivity contribution in [3.8, 4) is 0 Å². The molecule has 2 rings (SSSR count). The summed E-state index contributed by atoms with van der Waals surface area (Å²) in [5.41, 5.74) is 0.972. The molecule has 3 nitrogen and oxygen atoms in total. The van der Waals surface area contributed by atoms with Crippen LogP contribution < -0.4 is 5.32 Å². The van der Waals surface area contributed by atoms with E-state index in [2.05, 4.69) is 5.32 Å². The first-order chi connectivity index (χ1) is 8.25. The molecule has 92 valence electrons. The molecule has 17 heavy (non-hydrogen) atoms. The van der Waals surface area contributed by atoms with Crippen molar-refractivity contribution in [3.63, 3.8) is 0 Å². The fourth-order valence-electron chi connectivity index (χ4n) is 1.66. The number of nitrogens with zero attached hydrogens (tertiary/aromatic N) is 1. The molecular weight excluding hydrogens is 239 g/mol. The van der Waals surface area contributed by atoms with Crippen molar-refractivity contribution in [2.45, 2.75) is 5.75 Å². The highest BCUT2D eigenvalue weighted by Crippen LogP contribution is 2.16. The van der Waals surface area contributed by atoms with Crippen LogP contribution >= 0.6 is 11.8 Å². The molecule has 0 saturated carbocycles. The maximum absolute atomic E-state index is 12.7. The highest BCUT2D eigenvalue weighted by molar-refractivity contribution is 8.12. The number of nitrogens with one attached hydrogen (secondary N) is 1. The number of amides is 1. The van der Waals surface area contributed by atoms with Crippen LogP contribution in [0.5, 0.6) is 0 Å². The second-order valence-electron chi connectivity index (χ2n) is 3.92. The maximum Gasteiger partial charge on any atom is 0.282 e. The first kappa shape index (κ1) is 12.4. The zero-order chi connectivity index (χ0) is 12.1. The quantitative estimate of drug-likeness (QED) is 0.877. The minimum atomic E-state index is -0.243. The van der Waals surface area contributed by atoms with E-state index in [0.29, 0.717) is 5.75 Å². The van der Waals surface area contributed by atoms with Gasteiger partial charge in [0.2, 0.25) is 0 Å². The van der Waals surface area contributed by atoms with Gasteiger partial charge in [0, 0.05) is 31.9 Å². The first-order valence-corrected chi connectivity index (χ1v) is 6.61. The van der Waals surface area contributed by atoms with Gasteiger partial charge in [-0.3, -0.25) is 4.79 Å². The molecule has 0 unspecified atom stereocenters. The Morgan fingerprint density at radius 3 is 2.59 bits per heavy atom. The SMILES string of the molecule is O=C(SCc1ccc(F)cc1)N1CCNCC1. The number of carbonyl (C=O) groups excluding carboxylic acids is 1. The third-order valence-corrected chi connectivity index (χ3v) is 3.63. The highest BCUT2D eigenvalue weighted by Gasteiger charge is 2.16. The van der Waals surface area contributed by atoms with E-state index in [-0.39, 0.29) is 11.1 Å². The van der Waals surface area contributed by atoms with Crippen molar-refractivity contribution in [1.29, 1.82) is 0 Å². The third kappa shape index (κ3) is 3.71. The molecule has 0 bridgehead atoms. The summed E-state index contributed by atoms with van der Waals surface area (Å²) in [5, 5.41) is 3.31. The molecule has 0 aliphatic carbocycles. The van der Waals surface area contributed by atoms with Crippen molar-refractivity contribution < 1.29 is 9.18 Å². The molecule has 0 spiro atoms. The molecule has 1 aromatic carbocycles. The number of carbonyl (C=O) groups is 1. The Bertz CT molecular complexity index is 377. The minimum absolute atomic E-state index is 0.107. The fourth-order valence-corrected chi connectivity index (χ4v) is 2.51. The molecule has 1 aliphatic rings. The zero-order valence-electron chi connectivity index (χ0n) is 9.49. The fraction of sp³-hybridized carbons (Fsp3) is 0.417. The smallest absolute Gasteiger partial charge is 0.282 e. The normalized spacial score (nSPS) is 15.9. The lowest BCUT2D eigenvalue weighted by atomic mass is 10.2. The molecule has 0 atom stereocenters. The lowest BCUT2D eigenvalue weighted by Gasteiger charge is -2.26. The van der Waals surface area contributed by atoms with Crippen molar-refractivity contribution in [1.82, 2.24) is 10.2 Å². The summed E-state index contributed by atoms with van der Waals surface area (Å²) in [6, 6.07) is 6.27. The summed E-state index contributed by atoms with van der Waals surface area (Å²) in [7, 11) is 0. The van der Waals surface area contributed by atoms with E-state index in [1.165, 1.54) is 23.9 Å². The number of hydrogen-bond acceptors (Lipinski definition) is 3. The van der Waals surface area contributed by atoms with Gasteiger partial charge in [-0.15, -0.1) is 0 Å². The lowest BCUT2D eigenvalue weighted by Crippen LogP contribution is -2.45. The number of thioether (sulfide) groups is 1. The second-order valence-corrected chi connectivity index (χ2v) is 4.84. The molecule has 1 aromatic rings. The van der Waals surface area contributed by atoms with E-state index in [9.17, 15) is 9.18 Å². The van der Waals surface area contributed by atoms with Gasteiger partial charge in [0.05, 0.1) is 0 Å². The summed E-state index contributed by atoms with van der Waals surface area (Å²) in [5.74, 6) is 0.357. The van der Waals surface area contributed by atoms with Crippen molar-refractivity contribution in [3.05, 3.63) is 35.6 Å². The Morgan fingerprint density at radius 2 is 1.94 bits per heavy atom. The Balaban J connectivity index is 1.81. The Morgan fingerprint density at radius 1 is 1.29 bits per heavy atom. The van der Waals surface area contributed by atoms with Crippen LogP contribution in [0.25, 0.3) is 0 Å². The Kier molecular flexibility index (Phi) is 4.39. The predicted octanol–water partition coefficient (Wildman–Crippen LogP) is 2.08. The van der Waals surface area contributed by atoms with Crippen molar-refractivity contribution in [2.24, 2.45) is 0 Å². The van der Waals surface area contributed by atoms with Crippen molar-refractivity contribution in [2.75, 3.05) is 26.2 Å². The summed E-state index contributed by atoms with van der Waals surface area (Å²) >= 11 is 1.28. The molecule has 1 amide bonds. The summed E-state index contributed by atoms with van der Waals surface area (Å²) in [4.78, 5) is 13.7. The van der Waals surface area contributed by atoms with Crippen LogP contribution in [0.4, 0.5) is 9.18 Å². The monoisotopic (exact) mass is 254 g/mol. The Labute approximate surface area is 104 Å². The van der Waals surface area contributed by atoms with E-state index in [0.717, 1.165) is 31.7 Å². The van der Waals surface area contributed by atoms with Crippen LogP contribution in [-0.2, 0) is 5.75 Å². The molecule has 5 heteroatoms. The standard InChI is InChI=1S/C12H15FN2OS/c13-11-3-1-10(2-4-11)9-17-12(16)15-7-5-14-6-8-15/h1-4,14H,5-9H2. The van der Waals surface area contributed by atoms with Crippen LogP contribution in [0.1, 0.15) is 5.56 Å². The highest BCUT2D eigenvalue weighted by atomic mass is 32.2. The number of piperazine rings is 1. The van der Waals surface area contributed by atoms with E-state index in [4.69, 9.17) is 0 Å². The van der Waals surface area contributed by atoms with Crippen LogP contribution in [0.3, 0.4) is 0 Å². The van der Waals surface area contributed by atoms with E-state index in [1.807, 2.05) is 4.90 Å². The number of benzene rings is 1. The van der Waals surface area contributed by atoms with Gasteiger partial charge in [-0.25, -0.2) is 4.39 Å². The van der Waals surface area contributed by atoms with E-state index < -0.39 is 0 Å². The predicted molar refractivity (Wildman–Crippen MR) is 67.5 cm³/mol. The maximum atomic E-state index is 12.7.